The molecule has 1 amide bonds. The summed E-state index contributed by atoms with van der Waals surface area (Å²) in [7, 11) is -1.14. The van der Waals surface area contributed by atoms with Gasteiger partial charge in [-0.25, -0.2) is 17.9 Å². The lowest BCUT2D eigenvalue weighted by Gasteiger charge is -2.09. The number of furan rings is 1. The predicted molar refractivity (Wildman–Crippen MR) is 91.8 cm³/mol. The minimum Gasteiger partial charge on any atom is -0.478 e. The summed E-state index contributed by atoms with van der Waals surface area (Å²) in [6.45, 7) is 1.62. The number of benzene rings is 1. The van der Waals surface area contributed by atoms with Crippen molar-refractivity contribution < 1.29 is 32.3 Å². The number of ether oxygens (including phenoxy) is 1. The number of carbonyl (C=O) groups is 2. The van der Waals surface area contributed by atoms with Crippen LogP contribution >= 0.6 is 0 Å². The maximum absolute atomic E-state index is 12.4. The molecule has 0 unspecified atom stereocenters. The number of carbonyl (C=O) groups excluding carboxylic acids is 1. The van der Waals surface area contributed by atoms with Crippen LogP contribution in [0.4, 0.5) is 5.69 Å². The highest BCUT2D eigenvalue weighted by atomic mass is 32.2. The Kier molecular flexibility index (Phi) is 5.80. The van der Waals surface area contributed by atoms with E-state index in [4.69, 9.17) is 9.15 Å². The Morgan fingerprint density at radius 3 is 2.50 bits per heavy atom. The van der Waals surface area contributed by atoms with E-state index < -0.39 is 21.9 Å². The Bertz CT molecular complexity index is 948. The Morgan fingerprint density at radius 1 is 1.23 bits per heavy atom. The molecular formula is C16H18N2O7S. The van der Waals surface area contributed by atoms with Crippen LogP contribution in [0.2, 0.25) is 0 Å². The highest BCUT2D eigenvalue weighted by Crippen LogP contribution is 2.22. The van der Waals surface area contributed by atoms with Crippen LogP contribution in [0.1, 0.15) is 32.0 Å². The van der Waals surface area contributed by atoms with E-state index in [0.717, 1.165) is 6.07 Å². The summed E-state index contributed by atoms with van der Waals surface area (Å²) in [6.07, 6.45) is 0. The highest BCUT2D eigenvalue weighted by Gasteiger charge is 2.23. The first-order chi connectivity index (χ1) is 12.2. The summed E-state index contributed by atoms with van der Waals surface area (Å²) in [5.41, 5.74) is 0.802. The summed E-state index contributed by atoms with van der Waals surface area (Å²) in [5, 5.41) is 11.3. The summed E-state index contributed by atoms with van der Waals surface area (Å²) < 4.78 is 35.7. The Labute approximate surface area is 150 Å². The van der Waals surface area contributed by atoms with E-state index >= 15 is 0 Å². The molecule has 2 rings (SSSR count). The molecule has 26 heavy (non-hydrogen) atoms. The van der Waals surface area contributed by atoms with Crippen molar-refractivity contribution in [1.29, 1.82) is 0 Å². The molecule has 0 aliphatic rings. The molecule has 0 saturated carbocycles. The fourth-order valence-electron chi connectivity index (χ4n) is 2.25. The average Bonchev–Trinajstić information content (AvgIpc) is 2.97. The maximum Gasteiger partial charge on any atom is 0.335 e. The standard InChI is InChI=1S/C16H18N2O7S/c1-9-13(7-14(25-9)26(22,23)17-2)15(19)18-12-5-10(8-24-3)4-11(6-12)16(20)21/h4-7,17H,8H2,1-3H3,(H,18,19)(H,20,21). The number of hydrogen-bond donors (Lipinski definition) is 3. The van der Waals surface area contributed by atoms with E-state index in [9.17, 15) is 23.1 Å². The van der Waals surface area contributed by atoms with E-state index in [1.807, 2.05) is 0 Å². The summed E-state index contributed by atoms with van der Waals surface area (Å²) >= 11 is 0. The molecule has 0 bridgehead atoms. The van der Waals surface area contributed by atoms with Crippen LogP contribution < -0.4 is 10.0 Å². The van der Waals surface area contributed by atoms with E-state index in [-0.39, 0.29) is 34.3 Å². The van der Waals surface area contributed by atoms with Crippen molar-refractivity contribution in [3.63, 3.8) is 0 Å². The number of sulfonamides is 1. The van der Waals surface area contributed by atoms with Gasteiger partial charge < -0.3 is 19.6 Å². The second-order valence-electron chi connectivity index (χ2n) is 5.35. The average molecular weight is 382 g/mol. The van der Waals surface area contributed by atoms with E-state index in [1.165, 1.54) is 33.2 Å². The molecule has 0 aliphatic carbocycles. The number of anilines is 1. The van der Waals surface area contributed by atoms with Gasteiger partial charge >= 0.3 is 5.97 Å². The van der Waals surface area contributed by atoms with Gasteiger partial charge in [-0.3, -0.25) is 4.79 Å². The molecule has 140 valence electrons. The van der Waals surface area contributed by atoms with Crippen molar-refractivity contribution in [2.45, 2.75) is 18.6 Å². The van der Waals surface area contributed by atoms with Crippen LogP contribution in [-0.2, 0) is 21.4 Å². The van der Waals surface area contributed by atoms with Crippen molar-refractivity contribution >= 4 is 27.6 Å². The van der Waals surface area contributed by atoms with Gasteiger partial charge in [0, 0.05) is 18.9 Å². The van der Waals surface area contributed by atoms with Gasteiger partial charge in [0.25, 0.3) is 15.9 Å². The third-order valence-corrected chi connectivity index (χ3v) is 4.75. The number of rotatable bonds is 7. The fourth-order valence-corrected chi connectivity index (χ4v) is 2.96. The van der Waals surface area contributed by atoms with Crippen molar-refractivity contribution in [1.82, 2.24) is 4.72 Å². The molecule has 0 atom stereocenters. The van der Waals surface area contributed by atoms with Crippen molar-refractivity contribution in [2.75, 3.05) is 19.5 Å². The predicted octanol–water partition coefficient (Wildman–Crippen LogP) is 1.59. The molecule has 1 heterocycles. The molecule has 10 heteroatoms. The number of hydrogen-bond acceptors (Lipinski definition) is 6. The topological polar surface area (TPSA) is 135 Å². The van der Waals surface area contributed by atoms with Crippen molar-refractivity contribution in [2.24, 2.45) is 0 Å². The summed E-state index contributed by atoms with van der Waals surface area (Å²) in [5.74, 6) is -1.67. The third-order valence-electron chi connectivity index (χ3n) is 3.48. The zero-order valence-electron chi connectivity index (χ0n) is 14.3. The molecule has 9 nitrogen and oxygen atoms in total. The fraction of sp³-hybridized carbons (Fsp3) is 0.250. The van der Waals surface area contributed by atoms with Crippen LogP contribution in [0.3, 0.4) is 0 Å². The lowest BCUT2D eigenvalue weighted by atomic mass is 10.1. The first-order valence-electron chi connectivity index (χ1n) is 7.39. The van der Waals surface area contributed by atoms with Crippen LogP contribution in [0.5, 0.6) is 0 Å². The molecule has 0 spiro atoms. The summed E-state index contributed by atoms with van der Waals surface area (Å²) in [4.78, 5) is 23.7. The van der Waals surface area contributed by atoms with Gasteiger partial charge in [0.05, 0.1) is 17.7 Å². The van der Waals surface area contributed by atoms with Gasteiger partial charge in [0.15, 0.2) is 0 Å². The lowest BCUT2D eigenvalue weighted by Crippen LogP contribution is -2.18. The maximum atomic E-state index is 12.4. The quantitative estimate of drug-likeness (QED) is 0.662. The second kappa shape index (κ2) is 7.68. The first-order valence-corrected chi connectivity index (χ1v) is 8.87. The normalized spacial score (nSPS) is 11.3. The highest BCUT2D eigenvalue weighted by molar-refractivity contribution is 7.89. The molecule has 0 saturated heterocycles. The zero-order valence-corrected chi connectivity index (χ0v) is 15.1. The van der Waals surface area contributed by atoms with Gasteiger partial charge in [-0.1, -0.05) is 0 Å². The smallest absolute Gasteiger partial charge is 0.335 e. The van der Waals surface area contributed by atoms with Gasteiger partial charge in [-0.15, -0.1) is 0 Å². The molecule has 0 radical (unpaired) electrons. The van der Waals surface area contributed by atoms with Gasteiger partial charge in [-0.05, 0) is 37.7 Å². The van der Waals surface area contributed by atoms with E-state index in [0.29, 0.717) is 5.56 Å². The van der Waals surface area contributed by atoms with Gasteiger partial charge in [-0.2, -0.15) is 0 Å². The number of carboxylic acids is 1. The molecular weight excluding hydrogens is 364 g/mol. The molecule has 0 aliphatic heterocycles. The lowest BCUT2D eigenvalue weighted by molar-refractivity contribution is 0.0696. The Balaban J connectivity index is 2.34. The monoisotopic (exact) mass is 382 g/mol. The van der Waals surface area contributed by atoms with E-state index in [1.54, 1.807) is 6.07 Å². The van der Waals surface area contributed by atoms with Crippen molar-refractivity contribution in [3.8, 4) is 0 Å². The SMILES string of the molecule is CNS(=O)(=O)c1cc(C(=O)Nc2cc(COC)cc(C(=O)O)c2)c(C)o1. The van der Waals surface area contributed by atoms with Crippen LogP contribution in [0, 0.1) is 6.92 Å². The zero-order chi connectivity index (χ0) is 19.5. The summed E-state index contributed by atoms with van der Waals surface area (Å²) in [6, 6.07) is 5.39. The van der Waals surface area contributed by atoms with Gasteiger partial charge in [0.2, 0.25) is 5.09 Å². The number of amides is 1. The number of aromatic carboxylic acids is 1. The van der Waals surface area contributed by atoms with Gasteiger partial charge in [0.1, 0.15) is 5.76 Å². The number of aryl methyl sites for hydroxylation is 1. The number of nitrogens with one attached hydrogen (secondary N) is 2. The number of carboxylic acid groups (broad SMARTS) is 1. The van der Waals surface area contributed by atoms with Crippen molar-refractivity contribution in [3.05, 3.63) is 46.7 Å². The first kappa shape index (κ1) is 19.6. The molecule has 2 aromatic rings. The largest absolute Gasteiger partial charge is 0.478 e. The third kappa shape index (κ3) is 4.28. The Hall–Kier alpha value is -2.69. The van der Waals surface area contributed by atoms with Crippen LogP contribution in [0.25, 0.3) is 0 Å². The van der Waals surface area contributed by atoms with E-state index in [2.05, 4.69) is 10.0 Å². The second-order valence-corrected chi connectivity index (χ2v) is 7.17. The molecule has 1 aromatic carbocycles. The van der Waals surface area contributed by atoms with Crippen LogP contribution in [-0.4, -0.2) is 39.6 Å². The Morgan fingerprint density at radius 2 is 1.92 bits per heavy atom. The molecule has 3 N–H and O–H groups in total. The minimum absolute atomic E-state index is 0.0165. The number of methoxy groups -OCH3 is 1. The minimum atomic E-state index is -3.83. The van der Waals surface area contributed by atoms with Crippen LogP contribution in [0.15, 0.2) is 33.8 Å². The molecule has 1 aromatic heterocycles. The molecule has 0 fully saturated rings.